The second kappa shape index (κ2) is 14.4. The van der Waals surface area contributed by atoms with E-state index in [9.17, 15) is 4.79 Å². The Morgan fingerprint density at radius 3 is 2.37 bits per heavy atom. The lowest BCUT2D eigenvalue weighted by molar-refractivity contribution is -0.134. The van der Waals surface area contributed by atoms with Gasteiger partial charge in [-0.05, 0) is 39.0 Å². The lowest BCUT2D eigenvalue weighted by atomic mass is 10.0. The Bertz CT molecular complexity index is 440. The maximum Gasteiger partial charge on any atom is 0.224 e. The third kappa shape index (κ3) is 9.45. The molecule has 2 aliphatic rings. The van der Waals surface area contributed by atoms with Crippen LogP contribution in [0.4, 0.5) is 0 Å². The first-order valence-electron chi connectivity index (χ1n) is 10.6. The summed E-state index contributed by atoms with van der Waals surface area (Å²) in [6.45, 7) is 5.12. The van der Waals surface area contributed by atoms with Crippen LogP contribution in [0.5, 0.6) is 0 Å². The molecule has 1 heterocycles. The van der Waals surface area contributed by atoms with Gasteiger partial charge in [-0.15, -0.1) is 24.0 Å². The highest BCUT2D eigenvalue weighted by Crippen LogP contribution is 2.19. The van der Waals surface area contributed by atoms with Crippen molar-refractivity contribution in [2.45, 2.75) is 83.3 Å². The number of nitrogens with zero attached hydrogens (tertiary/aromatic N) is 2. The van der Waals surface area contributed by atoms with E-state index in [0.29, 0.717) is 31.7 Å². The number of amides is 1. The highest BCUT2D eigenvalue weighted by Gasteiger charge is 2.22. The average Bonchev–Trinajstić information content (AvgIpc) is 2.92. The third-order valence-corrected chi connectivity index (χ3v) is 5.53. The van der Waals surface area contributed by atoms with Crippen molar-refractivity contribution in [3.8, 4) is 0 Å². The zero-order valence-electron chi connectivity index (χ0n) is 17.2. The summed E-state index contributed by atoms with van der Waals surface area (Å²) in [5.41, 5.74) is 0. The highest BCUT2D eigenvalue weighted by atomic mass is 127. The number of piperidine rings is 1. The largest absolute Gasteiger partial charge is 0.376 e. The van der Waals surface area contributed by atoms with Crippen molar-refractivity contribution in [2.24, 2.45) is 4.99 Å². The Labute approximate surface area is 182 Å². The van der Waals surface area contributed by atoms with Gasteiger partial charge in [0.05, 0.1) is 12.7 Å². The molecule has 0 aromatic carbocycles. The molecule has 7 heteroatoms. The minimum Gasteiger partial charge on any atom is -0.376 e. The number of rotatable bonds is 7. The van der Waals surface area contributed by atoms with Gasteiger partial charge in [-0.3, -0.25) is 9.79 Å². The number of carbonyl (C=O) groups is 1. The zero-order chi connectivity index (χ0) is 18.6. The van der Waals surface area contributed by atoms with Crippen LogP contribution in [-0.2, 0) is 9.53 Å². The van der Waals surface area contributed by atoms with Gasteiger partial charge in [-0.25, -0.2) is 0 Å². The van der Waals surface area contributed by atoms with Gasteiger partial charge in [0, 0.05) is 39.1 Å². The van der Waals surface area contributed by atoms with Crippen molar-refractivity contribution in [2.75, 3.05) is 33.3 Å². The Hall–Kier alpha value is -0.570. The molecule has 0 spiro atoms. The Balaban J connectivity index is 0.00000364. The third-order valence-electron chi connectivity index (χ3n) is 5.53. The summed E-state index contributed by atoms with van der Waals surface area (Å²) in [5.74, 6) is 0.991. The Morgan fingerprint density at radius 1 is 1.04 bits per heavy atom. The molecule has 0 bridgehead atoms. The van der Waals surface area contributed by atoms with Crippen molar-refractivity contribution >= 4 is 35.8 Å². The minimum atomic E-state index is 0. The first kappa shape index (κ1) is 24.5. The lowest BCUT2D eigenvalue weighted by Gasteiger charge is -2.33. The summed E-state index contributed by atoms with van der Waals surface area (Å²) >= 11 is 0. The molecule has 1 amide bonds. The maximum atomic E-state index is 12.3. The highest BCUT2D eigenvalue weighted by molar-refractivity contribution is 14.0. The van der Waals surface area contributed by atoms with E-state index in [1.54, 1.807) is 7.05 Å². The van der Waals surface area contributed by atoms with Gasteiger partial charge in [-0.2, -0.15) is 0 Å². The molecule has 0 aromatic heterocycles. The number of nitrogens with one attached hydrogen (secondary N) is 2. The van der Waals surface area contributed by atoms with Crippen molar-refractivity contribution in [1.82, 2.24) is 15.5 Å². The monoisotopic (exact) mass is 494 g/mol. The van der Waals surface area contributed by atoms with Crippen LogP contribution in [0.15, 0.2) is 4.99 Å². The molecular weight excluding hydrogens is 455 g/mol. The van der Waals surface area contributed by atoms with Gasteiger partial charge in [0.25, 0.3) is 0 Å². The molecule has 2 N–H and O–H groups in total. The fraction of sp³-hybridized carbons (Fsp3) is 0.900. The molecule has 0 aromatic rings. The molecule has 1 saturated carbocycles. The molecule has 0 radical (unpaired) electrons. The van der Waals surface area contributed by atoms with Crippen LogP contribution in [0, 0.1) is 0 Å². The van der Waals surface area contributed by atoms with E-state index in [1.165, 1.54) is 44.9 Å². The molecule has 6 nitrogen and oxygen atoms in total. The summed E-state index contributed by atoms with van der Waals surface area (Å²) in [4.78, 5) is 18.6. The van der Waals surface area contributed by atoms with Crippen molar-refractivity contribution in [3.63, 3.8) is 0 Å². The second-order valence-corrected chi connectivity index (χ2v) is 7.59. The standard InChI is InChI=1S/C20H38N4O2.HI/c1-17-9-7-8-15-24(17)19(25)12-13-22-20(21-2)23-14-16-26-18-10-5-3-4-6-11-18;/h17-18H,3-16H2,1-2H3,(H2,21,22,23);1H. The second-order valence-electron chi connectivity index (χ2n) is 7.59. The molecule has 1 atom stereocenters. The van der Waals surface area contributed by atoms with E-state index in [2.05, 4.69) is 22.5 Å². The molecule has 2 fully saturated rings. The molecule has 158 valence electrons. The Kier molecular flexibility index (Phi) is 13.1. The van der Waals surface area contributed by atoms with Crippen LogP contribution in [0.3, 0.4) is 0 Å². The van der Waals surface area contributed by atoms with E-state index < -0.39 is 0 Å². The predicted molar refractivity (Wildman–Crippen MR) is 122 cm³/mol. The first-order chi connectivity index (χ1) is 12.7. The maximum absolute atomic E-state index is 12.3. The van der Waals surface area contributed by atoms with Crippen LogP contribution in [0.1, 0.15) is 71.1 Å². The van der Waals surface area contributed by atoms with E-state index in [-0.39, 0.29) is 29.9 Å². The molecule has 1 aliphatic heterocycles. The van der Waals surface area contributed by atoms with Crippen LogP contribution in [0.2, 0.25) is 0 Å². The number of aliphatic imine (C=N–C) groups is 1. The van der Waals surface area contributed by atoms with Gasteiger partial charge in [0.15, 0.2) is 5.96 Å². The van der Waals surface area contributed by atoms with Crippen molar-refractivity contribution in [1.29, 1.82) is 0 Å². The summed E-state index contributed by atoms with van der Waals surface area (Å²) in [6.07, 6.45) is 12.1. The summed E-state index contributed by atoms with van der Waals surface area (Å²) in [5, 5.41) is 6.51. The molecular formula is C20H39IN4O2. The zero-order valence-corrected chi connectivity index (χ0v) is 19.5. The molecule has 1 saturated heterocycles. The number of carbonyl (C=O) groups excluding carboxylic acids is 1. The van der Waals surface area contributed by atoms with E-state index >= 15 is 0 Å². The fourth-order valence-electron chi connectivity index (χ4n) is 3.92. The summed E-state index contributed by atoms with van der Waals surface area (Å²) < 4.78 is 5.99. The van der Waals surface area contributed by atoms with Crippen LogP contribution in [0.25, 0.3) is 0 Å². The van der Waals surface area contributed by atoms with Gasteiger partial charge >= 0.3 is 0 Å². The molecule has 2 rings (SSSR count). The number of likely N-dealkylation sites (tertiary alicyclic amines) is 1. The Morgan fingerprint density at radius 2 is 1.70 bits per heavy atom. The molecule has 1 unspecified atom stereocenters. The van der Waals surface area contributed by atoms with E-state index in [4.69, 9.17) is 4.74 Å². The average molecular weight is 494 g/mol. The number of ether oxygens (including phenoxy) is 1. The topological polar surface area (TPSA) is 66.0 Å². The number of guanidine groups is 1. The number of halogens is 1. The van der Waals surface area contributed by atoms with Crippen LogP contribution < -0.4 is 10.6 Å². The summed E-state index contributed by atoms with van der Waals surface area (Å²) in [7, 11) is 1.76. The van der Waals surface area contributed by atoms with E-state index in [0.717, 1.165) is 31.9 Å². The number of hydrogen-bond donors (Lipinski definition) is 2. The predicted octanol–water partition coefficient (Wildman–Crippen LogP) is 3.30. The van der Waals surface area contributed by atoms with Crippen molar-refractivity contribution in [3.05, 3.63) is 0 Å². The SMILES string of the molecule is CN=C(NCCOC1CCCCCC1)NCCC(=O)N1CCCCC1C.I. The van der Waals surface area contributed by atoms with Gasteiger partial charge < -0.3 is 20.3 Å². The van der Waals surface area contributed by atoms with Crippen LogP contribution in [-0.4, -0.2) is 62.2 Å². The van der Waals surface area contributed by atoms with Gasteiger partial charge in [0.2, 0.25) is 5.91 Å². The quantitative estimate of drug-likeness (QED) is 0.188. The normalized spacial score (nSPS) is 21.9. The number of hydrogen-bond acceptors (Lipinski definition) is 3. The molecule has 27 heavy (non-hydrogen) atoms. The van der Waals surface area contributed by atoms with Crippen molar-refractivity contribution < 1.29 is 9.53 Å². The first-order valence-corrected chi connectivity index (χ1v) is 10.6. The smallest absolute Gasteiger partial charge is 0.224 e. The minimum absolute atomic E-state index is 0. The molecule has 1 aliphatic carbocycles. The van der Waals surface area contributed by atoms with Crippen LogP contribution >= 0.6 is 24.0 Å². The lowest BCUT2D eigenvalue weighted by Crippen LogP contribution is -2.44. The summed E-state index contributed by atoms with van der Waals surface area (Å²) in [6, 6.07) is 0.384. The fourth-order valence-corrected chi connectivity index (χ4v) is 3.92. The van der Waals surface area contributed by atoms with Gasteiger partial charge in [0.1, 0.15) is 0 Å². The van der Waals surface area contributed by atoms with E-state index in [1.807, 2.05) is 4.90 Å². The van der Waals surface area contributed by atoms with Gasteiger partial charge in [-0.1, -0.05) is 25.7 Å².